The predicted molar refractivity (Wildman–Crippen MR) is 338 cm³/mol. The third kappa shape index (κ3) is 9.40. The highest BCUT2D eigenvalue weighted by atomic mass is 16.5. The van der Waals surface area contributed by atoms with Crippen LogP contribution in [0.3, 0.4) is 0 Å². The lowest BCUT2D eigenvalue weighted by atomic mass is 9.63. The minimum atomic E-state index is -2.67. The van der Waals surface area contributed by atoms with E-state index in [1.54, 1.807) is 6.07 Å². The van der Waals surface area contributed by atoms with Gasteiger partial charge in [-0.15, -0.1) is 0 Å². The van der Waals surface area contributed by atoms with Crippen LogP contribution in [0.5, 0.6) is 11.5 Å². The lowest BCUT2D eigenvalue weighted by molar-refractivity contribution is 0.332. The molecule has 1 aliphatic heterocycles. The van der Waals surface area contributed by atoms with Crippen LogP contribution >= 0.6 is 0 Å². The Morgan fingerprint density at radius 2 is 1.18 bits per heavy atom. The highest BCUT2D eigenvalue weighted by molar-refractivity contribution is 6.10. The van der Waals surface area contributed by atoms with Gasteiger partial charge in [0.15, 0.2) is 0 Å². The summed E-state index contributed by atoms with van der Waals surface area (Å²) in [6.45, 7) is 25.7. The molecule has 0 atom stereocenters. The van der Waals surface area contributed by atoms with Gasteiger partial charge in [0.25, 0.3) is 11.4 Å². The van der Waals surface area contributed by atoms with Gasteiger partial charge in [0.05, 0.1) is 32.3 Å². The summed E-state index contributed by atoms with van der Waals surface area (Å²) in [6, 6.07) is 58.8. The molecule has 1 aliphatic carbocycles. The van der Waals surface area contributed by atoms with E-state index >= 15 is 0 Å². The molecule has 80 heavy (non-hydrogen) atoms. The van der Waals surface area contributed by atoms with E-state index in [9.17, 15) is 4.11 Å². The molecule has 5 nitrogen and oxygen atoms in total. The maximum Gasteiger partial charge on any atom is 0.503 e. The minimum absolute atomic E-state index is 0.00309. The number of hydrogen-bond acceptors (Lipinski definition) is 2. The van der Waals surface area contributed by atoms with E-state index in [4.69, 9.17) is 13.8 Å². The third-order valence-corrected chi connectivity index (χ3v) is 16.8. The number of ether oxygens (including phenoxy) is 1. The van der Waals surface area contributed by atoms with Gasteiger partial charge in [-0.1, -0.05) is 187 Å². The van der Waals surface area contributed by atoms with Crippen molar-refractivity contribution in [2.75, 3.05) is 0 Å². The summed E-state index contributed by atoms with van der Waals surface area (Å²) in [5.74, 6) is 1.53. The average Bonchev–Trinajstić information content (AvgIpc) is 1.10. The Morgan fingerprint density at radius 1 is 0.537 bits per heavy atom. The van der Waals surface area contributed by atoms with Gasteiger partial charge in [-0.3, -0.25) is 4.57 Å². The number of nitrogens with zero attached hydrogens (tertiary/aromatic N) is 4. The number of benzene rings is 8. The lowest BCUT2D eigenvalue weighted by Gasteiger charge is -2.42. The topological polar surface area (TPSA) is 33.1 Å². The zero-order valence-electron chi connectivity index (χ0n) is 54.7. The smallest absolute Gasteiger partial charge is 0.457 e. The first-order valence-corrected chi connectivity index (χ1v) is 28.2. The van der Waals surface area contributed by atoms with Crippen molar-refractivity contribution in [3.8, 4) is 50.7 Å². The predicted octanol–water partition coefficient (Wildman–Crippen LogP) is 20.4. The molecule has 0 fully saturated rings. The molecule has 0 saturated heterocycles. The highest BCUT2D eigenvalue weighted by Crippen LogP contribution is 2.49. The summed E-state index contributed by atoms with van der Waals surface area (Å²) in [7, 11) is 0. The van der Waals surface area contributed by atoms with Gasteiger partial charge in [-0.25, -0.2) is 4.98 Å². The summed E-state index contributed by atoms with van der Waals surface area (Å²) in [5, 5.41) is 1.90. The van der Waals surface area contributed by atoms with Gasteiger partial charge in [0.2, 0.25) is 11.4 Å². The first kappa shape index (κ1) is 45.7. The summed E-state index contributed by atoms with van der Waals surface area (Å²) >= 11 is 0. The first-order valence-electron chi connectivity index (χ1n) is 31.2. The summed E-state index contributed by atoms with van der Waals surface area (Å²) in [4.78, 5) is 5.05. The first-order chi connectivity index (χ1) is 40.4. The van der Waals surface area contributed by atoms with Crippen LogP contribution in [-0.2, 0) is 27.1 Å². The van der Waals surface area contributed by atoms with Crippen molar-refractivity contribution in [1.82, 2.24) is 18.7 Å². The summed E-state index contributed by atoms with van der Waals surface area (Å²) < 4.78 is 68.8. The fourth-order valence-corrected chi connectivity index (χ4v) is 11.8. The number of pyridine rings is 1. The van der Waals surface area contributed by atoms with Gasteiger partial charge in [0.1, 0.15) is 17.3 Å². The molecule has 3 heterocycles. The van der Waals surface area contributed by atoms with E-state index in [0.29, 0.717) is 28.4 Å². The SMILES string of the molecule is [2H]c1c([2H])c2c(c([2H])c1-c1cnc(-n3c4ccc(C(C)(C)C)cc4c4ccc(Oc5cccc([N+]6=C=[N+](c7c(-c8ccc(C(C)(C)C)cc8)cccc7-c7cccc(C(C)(C)C)c7)c7ccccc76)c5)cc43)cc1C([2H])([2H])[2H])C(C)(C)CCC2(C)C. The fraction of sp³-hybridized carbons (Fsp3) is 0.280. The van der Waals surface area contributed by atoms with Crippen LogP contribution in [-0.4, -0.2) is 15.6 Å². The molecular formula is C75H76N4O+2. The third-order valence-electron chi connectivity index (χ3n) is 16.8. The van der Waals surface area contributed by atoms with Crippen LogP contribution in [0.4, 0.5) is 22.7 Å². The maximum absolute atomic E-state index is 9.74. The molecule has 12 rings (SSSR count). The van der Waals surface area contributed by atoms with Crippen molar-refractivity contribution in [3.63, 3.8) is 0 Å². The van der Waals surface area contributed by atoms with E-state index in [1.807, 2.05) is 34.9 Å². The molecule has 2 aliphatic rings. The normalized spacial score (nSPS) is 16.2. The largest absolute Gasteiger partial charge is 0.503 e. The Bertz CT molecular complexity index is 4500. The van der Waals surface area contributed by atoms with Crippen molar-refractivity contribution >= 4 is 50.6 Å². The average molecular weight is 1060 g/mol. The van der Waals surface area contributed by atoms with Crippen LogP contribution in [0.25, 0.3) is 61.0 Å². The van der Waals surface area contributed by atoms with Crippen LogP contribution in [0, 0.1) is 6.85 Å². The van der Waals surface area contributed by atoms with Gasteiger partial charge in [-0.05, 0) is 155 Å². The molecule has 0 radical (unpaired) electrons. The second kappa shape index (κ2) is 19.0. The highest BCUT2D eigenvalue weighted by Gasteiger charge is 2.40. The Hall–Kier alpha value is -8.11. The molecule has 0 saturated carbocycles. The van der Waals surface area contributed by atoms with E-state index in [2.05, 4.69) is 226 Å². The molecule has 0 spiro atoms. The van der Waals surface area contributed by atoms with Gasteiger partial charge in [-0.2, -0.15) is 0 Å². The second-order valence-corrected chi connectivity index (χ2v) is 26.6. The number of fused-ring (bicyclic) bond motifs is 5. The van der Waals surface area contributed by atoms with Crippen LogP contribution in [0.1, 0.15) is 144 Å². The molecular weight excluding hydrogens is 973 g/mol. The Labute approximate surface area is 483 Å². The van der Waals surface area contributed by atoms with Gasteiger partial charge in [0, 0.05) is 50.9 Å². The monoisotopic (exact) mass is 1050 g/mol. The molecule has 10 aromatic rings. The molecule has 5 heteroatoms. The number of aryl methyl sites for hydroxylation is 1. The zero-order chi connectivity index (χ0) is 61.4. The van der Waals surface area contributed by atoms with Crippen LogP contribution in [0.2, 0.25) is 0 Å². The molecule has 0 amide bonds. The summed E-state index contributed by atoms with van der Waals surface area (Å²) in [5.41, 5.74) is 14.0. The van der Waals surface area contributed by atoms with Crippen molar-refractivity contribution in [2.45, 2.75) is 137 Å². The minimum Gasteiger partial charge on any atom is -0.457 e. The standard InChI is InChI=1S/C75H76N4O/c1-48-40-69(76-46-62(48)51-30-36-63-64(42-51)75(13,14)39-38-74(63,11)12)79-65-37-33-54(73(8,9)10)43-61(65)60-35-34-57(45-68(60)79)80-56-23-18-22-55(44-56)77-47-78(67-27-16-15-26-66(67)77)70-58(49-28-31-52(32-29-49)71(2,3)4)24-19-25-59(70)50-20-17-21-53(41-50)72(5,6)7/h15-37,40-46H,38-39H2,1-14H3/q+2/i1D3,30D,36D,42D. The molecule has 400 valence electrons. The Morgan fingerprint density at radius 3 is 1.89 bits per heavy atom. The number of para-hydroxylation sites is 3. The summed E-state index contributed by atoms with van der Waals surface area (Å²) in [6.07, 6.45) is 3.11. The maximum atomic E-state index is 9.74. The molecule has 0 unspecified atom stereocenters. The number of hydrogen-bond donors (Lipinski definition) is 0. The van der Waals surface area contributed by atoms with Crippen LogP contribution < -0.4 is 13.9 Å². The van der Waals surface area contributed by atoms with E-state index < -0.39 is 17.7 Å². The van der Waals surface area contributed by atoms with Gasteiger partial charge < -0.3 is 4.74 Å². The molecule has 0 bridgehead atoms. The number of aromatic nitrogens is 2. The van der Waals surface area contributed by atoms with Crippen molar-refractivity contribution in [2.24, 2.45) is 0 Å². The lowest BCUT2D eigenvalue weighted by Crippen LogP contribution is -2.33. The molecule has 8 aromatic carbocycles. The molecule has 2 aromatic heterocycles. The fourth-order valence-electron chi connectivity index (χ4n) is 11.8. The number of rotatable bonds is 8. The Balaban J connectivity index is 0.996. The van der Waals surface area contributed by atoms with Gasteiger partial charge >= 0.3 is 6.01 Å². The van der Waals surface area contributed by atoms with Crippen LogP contribution in [0.15, 0.2) is 182 Å². The van der Waals surface area contributed by atoms with E-state index in [-0.39, 0.29) is 51.1 Å². The quantitative estimate of drug-likeness (QED) is 0.142. The van der Waals surface area contributed by atoms with Crippen molar-refractivity contribution < 1.29 is 13.0 Å². The van der Waals surface area contributed by atoms with E-state index in [1.165, 1.54) is 17.3 Å². The van der Waals surface area contributed by atoms with Crippen molar-refractivity contribution in [3.05, 3.63) is 215 Å². The van der Waals surface area contributed by atoms with E-state index in [0.717, 1.165) is 85.2 Å². The zero-order valence-corrected chi connectivity index (χ0v) is 48.7. The Kier molecular flexibility index (Phi) is 10.9. The second-order valence-electron chi connectivity index (χ2n) is 26.6. The van der Waals surface area contributed by atoms with Crippen molar-refractivity contribution in [1.29, 1.82) is 0 Å². The molecule has 0 N–H and O–H groups in total.